The van der Waals surface area contributed by atoms with E-state index in [4.69, 9.17) is 5.73 Å². The summed E-state index contributed by atoms with van der Waals surface area (Å²) in [6.07, 6.45) is 3.44. The van der Waals surface area contributed by atoms with Crippen LogP contribution in [0.5, 0.6) is 0 Å². The van der Waals surface area contributed by atoms with Crippen molar-refractivity contribution in [2.45, 2.75) is 19.3 Å². The number of anilines is 2. The van der Waals surface area contributed by atoms with E-state index in [-0.39, 0.29) is 11.8 Å². The van der Waals surface area contributed by atoms with Gasteiger partial charge in [-0.25, -0.2) is 0 Å². The van der Waals surface area contributed by atoms with Crippen LogP contribution in [-0.2, 0) is 4.79 Å². The number of hydrogen-bond acceptors (Lipinski definition) is 2. The van der Waals surface area contributed by atoms with Gasteiger partial charge in [-0.05, 0) is 75.1 Å². The minimum Gasteiger partial charge on any atom is -0.399 e. The standard InChI is InChI=1S/C13H14Br2N2O/c14-10-4-9(16)5-11(15)12(10)17-13(18)8-2-6-1-7(6)3-8/h4-8H,1-3,16H2,(H,17,18). The van der Waals surface area contributed by atoms with Crippen molar-refractivity contribution in [2.24, 2.45) is 17.8 Å². The van der Waals surface area contributed by atoms with Crippen LogP contribution in [0.2, 0.25) is 0 Å². The molecule has 0 spiro atoms. The summed E-state index contributed by atoms with van der Waals surface area (Å²) < 4.78 is 1.62. The number of carbonyl (C=O) groups excluding carboxylic acids is 1. The van der Waals surface area contributed by atoms with Gasteiger partial charge in [0.1, 0.15) is 0 Å². The summed E-state index contributed by atoms with van der Waals surface area (Å²) in [5, 5.41) is 3.00. The monoisotopic (exact) mass is 372 g/mol. The lowest BCUT2D eigenvalue weighted by molar-refractivity contribution is -0.120. The maximum absolute atomic E-state index is 12.2. The molecule has 0 radical (unpaired) electrons. The van der Waals surface area contributed by atoms with E-state index in [0.717, 1.165) is 39.3 Å². The third-order valence-corrected chi connectivity index (χ3v) is 5.18. The molecule has 3 nitrogen and oxygen atoms in total. The second-order valence-electron chi connectivity index (χ2n) is 5.27. The molecule has 0 saturated heterocycles. The number of benzene rings is 1. The molecule has 2 fully saturated rings. The number of amides is 1. The Hall–Kier alpha value is -0.550. The summed E-state index contributed by atoms with van der Waals surface area (Å²) in [6.45, 7) is 0. The Bertz CT molecular complexity index is 485. The first-order valence-electron chi connectivity index (χ1n) is 6.10. The van der Waals surface area contributed by atoms with E-state index in [1.807, 2.05) is 0 Å². The molecule has 0 heterocycles. The molecule has 2 saturated carbocycles. The van der Waals surface area contributed by atoms with Gasteiger partial charge in [0, 0.05) is 20.6 Å². The van der Waals surface area contributed by atoms with Crippen molar-refractivity contribution in [1.82, 2.24) is 0 Å². The highest BCUT2D eigenvalue weighted by molar-refractivity contribution is 9.11. The Labute approximate surface area is 123 Å². The number of fused-ring (bicyclic) bond motifs is 1. The summed E-state index contributed by atoms with van der Waals surface area (Å²) in [7, 11) is 0. The van der Waals surface area contributed by atoms with Gasteiger partial charge in [0.05, 0.1) is 5.69 Å². The van der Waals surface area contributed by atoms with E-state index >= 15 is 0 Å². The maximum atomic E-state index is 12.2. The SMILES string of the molecule is Nc1cc(Br)c(NC(=O)C2CC3CC3C2)c(Br)c1. The molecule has 2 aliphatic rings. The number of carbonyl (C=O) groups is 1. The zero-order valence-corrected chi connectivity index (χ0v) is 12.9. The molecular weight excluding hydrogens is 360 g/mol. The van der Waals surface area contributed by atoms with Gasteiger partial charge in [-0.3, -0.25) is 4.79 Å². The molecule has 0 aliphatic heterocycles. The average molecular weight is 374 g/mol. The Morgan fingerprint density at radius 1 is 1.17 bits per heavy atom. The molecule has 1 amide bonds. The minimum absolute atomic E-state index is 0.133. The predicted octanol–water partition coefficient (Wildman–Crippen LogP) is 3.78. The number of nitrogens with two attached hydrogens (primary N) is 1. The number of halogens is 2. The first-order chi connectivity index (χ1) is 8.54. The van der Waals surface area contributed by atoms with Crippen molar-refractivity contribution in [3.63, 3.8) is 0 Å². The molecule has 1 aromatic rings. The highest BCUT2D eigenvalue weighted by atomic mass is 79.9. The van der Waals surface area contributed by atoms with Crippen molar-refractivity contribution < 1.29 is 4.79 Å². The molecule has 2 aliphatic carbocycles. The molecular formula is C13H14Br2N2O. The molecule has 96 valence electrons. The Morgan fingerprint density at radius 3 is 2.28 bits per heavy atom. The third kappa shape index (κ3) is 2.30. The number of rotatable bonds is 2. The van der Waals surface area contributed by atoms with Gasteiger partial charge in [0.2, 0.25) is 5.91 Å². The lowest BCUT2D eigenvalue weighted by Crippen LogP contribution is -2.22. The van der Waals surface area contributed by atoms with Gasteiger partial charge < -0.3 is 11.1 Å². The first-order valence-corrected chi connectivity index (χ1v) is 7.68. The van der Waals surface area contributed by atoms with Gasteiger partial charge >= 0.3 is 0 Å². The highest BCUT2D eigenvalue weighted by Gasteiger charge is 2.48. The Balaban J connectivity index is 1.74. The van der Waals surface area contributed by atoms with Crippen LogP contribution >= 0.6 is 31.9 Å². The van der Waals surface area contributed by atoms with E-state index in [9.17, 15) is 4.79 Å². The summed E-state index contributed by atoms with van der Waals surface area (Å²) in [4.78, 5) is 12.2. The van der Waals surface area contributed by atoms with Crippen LogP contribution in [0.25, 0.3) is 0 Å². The molecule has 3 rings (SSSR count). The zero-order chi connectivity index (χ0) is 12.9. The van der Waals surface area contributed by atoms with Crippen molar-refractivity contribution in [2.75, 3.05) is 11.1 Å². The second-order valence-corrected chi connectivity index (χ2v) is 6.98. The van der Waals surface area contributed by atoms with Crippen molar-refractivity contribution >= 4 is 49.1 Å². The third-order valence-electron chi connectivity index (χ3n) is 3.93. The number of nitrogens with one attached hydrogen (secondary N) is 1. The zero-order valence-electron chi connectivity index (χ0n) is 9.75. The van der Waals surface area contributed by atoms with E-state index < -0.39 is 0 Å². The fraction of sp³-hybridized carbons (Fsp3) is 0.462. The quantitative estimate of drug-likeness (QED) is 0.775. The van der Waals surface area contributed by atoms with Crippen LogP contribution < -0.4 is 11.1 Å². The topological polar surface area (TPSA) is 55.1 Å². The molecule has 5 heteroatoms. The highest BCUT2D eigenvalue weighted by Crippen LogP contribution is 2.54. The van der Waals surface area contributed by atoms with Crippen molar-refractivity contribution in [1.29, 1.82) is 0 Å². The maximum Gasteiger partial charge on any atom is 0.227 e. The van der Waals surface area contributed by atoms with Crippen LogP contribution in [0.1, 0.15) is 19.3 Å². The van der Waals surface area contributed by atoms with Gasteiger partial charge in [-0.15, -0.1) is 0 Å². The minimum atomic E-state index is 0.133. The molecule has 2 atom stereocenters. The number of nitrogen functional groups attached to an aromatic ring is 1. The Kier molecular flexibility index (Phi) is 3.14. The summed E-state index contributed by atoms with van der Waals surface area (Å²) in [6, 6.07) is 3.60. The average Bonchev–Trinajstić information content (AvgIpc) is 2.90. The summed E-state index contributed by atoms with van der Waals surface area (Å²) >= 11 is 6.86. The van der Waals surface area contributed by atoms with E-state index in [2.05, 4.69) is 37.2 Å². The normalized spacial score (nSPS) is 28.9. The van der Waals surface area contributed by atoms with Gasteiger partial charge in [0.15, 0.2) is 0 Å². The van der Waals surface area contributed by atoms with Crippen molar-refractivity contribution in [3.8, 4) is 0 Å². The number of hydrogen-bond donors (Lipinski definition) is 2. The molecule has 0 aromatic heterocycles. The van der Waals surface area contributed by atoms with Crippen LogP contribution in [0.4, 0.5) is 11.4 Å². The molecule has 1 aromatic carbocycles. The molecule has 0 bridgehead atoms. The predicted molar refractivity (Wildman–Crippen MR) is 79.2 cm³/mol. The largest absolute Gasteiger partial charge is 0.399 e. The first kappa shape index (κ1) is 12.5. The van der Waals surface area contributed by atoms with Gasteiger partial charge in [0.25, 0.3) is 0 Å². The fourth-order valence-electron chi connectivity index (χ4n) is 2.87. The van der Waals surface area contributed by atoms with E-state index in [1.165, 1.54) is 6.42 Å². The Morgan fingerprint density at radius 2 is 1.72 bits per heavy atom. The van der Waals surface area contributed by atoms with E-state index in [1.54, 1.807) is 12.1 Å². The second kappa shape index (κ2) is 4.53. The van der Waals surface area contributed by atoms with Crippen LogP contribution in [0.15, 0.2) is 21.1 Å². The lowest BCUT2D eigenvalue weighted by atomic mass is 10.0. The molecule has 3 N–H and O–H groups in total. The van der Waals surface area contributed by atoms with Crippen LogP contribution in [0.3, 0.4) is 0 Å². The summed E-state index contributed by atoms with van der Waals surface area (Å²) in [5.41, 5.74) is 7.17. The van der Waals surface area contributed by atoms with Crippen molar-refractivity contribution in [3.05, 3.63) is 21.1 Å². The summed E-state index contributed by atoms with van der Waals surface area (Å²) in [5.74, 6) is 1.96. The van der Waals surface area contributed by atoms with Crippen LogP contribution in [0, 0.1) is 17.8 Å². The van der Waals surface area contributed by atoms with Gasteiger partial charge in [-0.2, -0.15) is 0 Å². The van der Waals surface area contributed by atoms with E-state index in [0.29, 0.717) is 5.69 Å². The van der Waals surface area contributed by atoms with Gasteiger partial charge in [-0.1, -0.05) is 0 Å². The lowest BCUT2D eigenvalue weighted by Gasteiger charge is -2.15. The fourth-order valence-corrected chi connectivity index (χ4v) is 4.29. The molecule has 18 heavy (non-hydrogen) atoms. The smallest absolute Gasteiger partial charge is 0.227 e. The molecule has 2 unspecified atom stereocenters. The van der Waals surface area contributed by atoms with Crippen LogP contribution in [-0.4, -0.2) is 5.91 Å².